The monoisotopic (exact) mass is 355 g/mol. The van der Waals surface area contributed by atoms with Crippen LogP contribution < -0.4 is 10.6 Å². The van der Waals surface area contributed by atoms with E-state index in [4.69, 9.17) is 11.1 Å². The van der Waals surface area contributed by atoms with Crippen LogP contribution in [0.3, 0.4) is 0 Å². The van der Waals surface area contributed by atoms with Gasteiger partial charge in [0.05, 0.1) is 5.69 Å². The molecule has 3 aromatic rings. The van der Waals surface area contributed by atoms with Crippen LogP contribution in [0.4, 0.5) is 11.4 Å². The Balaban J connectivity index is 1.89. The van der Waals surface area contributed by atoms with Crippen molar-refractivity contribution < 1.29 is 0 Å². The van der Waals surface area contributed by atoms with Gasteiger partial charge in [-0.3, -0.25) is 10.3 Å². The Hall–Kier alpha value is -3.07. The van der Waals surface area contributed by atoms with E-state index in [1.165, 1.54) is 28.7 Å². The molecule has 0 heterocycles. The molecule has 0 aromatic heterocycles. The molecule has 1 aliphatic rings. The topological polar surface area (TPSA) is 53.1 Å². The molecule has 3 aromatic carbocycles. The largest absolute Gasteiger partial charge is 0.369 e. The maximum Gasteiger partial charge on any atom is 0.197 e. The predicted octanol–water partition coefficient (Wildman–Crippen LogP) is 5.44. The van der Waals surface area contributed by atoms with Crippen molar-refractivity contribution in [1.82, 2.24) is 0 Å². The fourth-order valence-electron chi connectivity index (χ4n) is 4.09. The molecular formula is C24H25N3. The van der Waals surface area contributed by atoms with Crippen LogP contribution in [-0.2, 0) is 19.3 Å². The summed E-state index contributed by atoms with van der Waals surface area (Å²) < 4.78 is 0. The number of nitrogens with two attached hydrogens (primary N) is 1. The van der Waals surface area contributed by atoms with Crippen molar-refractivity contribution in [2.75, 3.05) is 4.90 Å². The number of hydrogen-bond acceptors (Lipinski definition) is 1. The maximum atomic E-state index is 8.27. The molecular weight excluding hydrogens is 330 g/mol. The fraction of sp³-hybridized carbons (Fsp3) is 0.208. The summed E-state index contributed by atoms with van der Waals surface area (Å²) >= 11 is 0. The molecule has 4 rings (SSSR count). The van der Waals surface area contributed by atoms with Gasteiger partial charge < -0.3 is 5.73 Å². The highest BCUT2D eigenvalue weighted by molar-refractivity contribution is 6.03. The van der Waals surface area contributed by atoms with E-state index in [1.807, 2.05) is 23.1 Å². The van der Waals surface area contributed by atoms with Crippen molar-refractivity contribution in [3.63, 3.8) is 0 Å². The molecule has 3 heteroatoms. The highest BCUT2D eigenvalue weighted by Gasteiger charge is 2.21. The SMILES string of the molecule is CCc1cccc(N(C(=N)N)c2ccccc2-c2cccc3c2CCC3)c1. The molecule has 0 atom stereocenters. The number of benzene rings is 3. The lowest BCUT2D eigenvalue weighted by atomic mass is 9.95. The third kappa shape index (κ3) is 3.21. The zero-order valence-electron chi connectivity index (χ0n) is 15.7. The summed E-state index contributed by atoms with van der Waals surface area (Å²) in [4.78, 5) is 1.85. The summed E-state index contributed by atoms with van der Waals surface area (Å²) in [6, 6.07) is 23.1. The predicted molar refractivity (Wildman–Crippen MR) is 114 cm³/mol. The molecule has 136 valence electrons. The van der Waals surface area contributed by atoms with Gasteiger partial charge >= 0.3 is 0 Å². The van der Waals surface area contributed by atoms with Gasteiger partial charge in [-0.1, -0.05) is 55.5 Å². The number of aryl methyl sites for hydroxylation is 2. The Labute approximate surface area is 161 Å². The minimum Gasteiger partial charge on any atom is -0.369 e. The van der Waals surface area contributed by atoms with Crippen molar-refractivity contribution in [2.24, 2.45) is 5.73 Å². The highest BCUT2D eigenvalue weighted by Crippen LogP contribution is 2.39. The second kappa shape index (κ2) is 7.28. The molecule has 0 amide bonds. The third-order valence-electron chi connectivity index (χ3n) is 5.40. The van der Waals surface area contributed by atoms with Gasteiger partial charge in [-0.25, -0.2) is 0 Å². The Kier molecular flexibility index (Phi) is 4.68. The first kappa shape index (κ1) is 17.3. The molecule has 1 aliphatic carbocycles. The Morgan fingerprint density at radius 3 is 2.56 bits per heavy atom. The van der Waals surface area contributed by atoms with Crippen LogP contribution in [0.5, 0.6) is 0 Å². The molecule has 0 radical (unpaired) electrons. The first-order chi connectivity index (χ1) is 13.2. The van der Waals surface area contributed by atoms with Crippen LogP contribution >= 0.6 is 0 Å². The highest BCUT2D eigenvalue weighted by atomic mass is 15.2. The van der Waals surface area contributed by atoms with Crippen molar-refractivity contribution >= 4 is 17.3 Å². The van der Waals surface area contributed by atoms with Crippen LogP contribution in [0, 0.1) is 5.41 Å². The lowest BCUT2D eigenvalue weighted by Gasteiger charge is -2.26. The maximum absolute atomic E-state index is 8.27. The zero-order chi connectivity index (χ0) is 18.8. The number of hydrogen-bond donors (Lipinski definition) is 2. The standard InChI is InChI=1S/C24H25N3/c1-2-17-8-5-11-19(16-17)27(24(25)26)23-15-4-3-12-22(23)21-14-7-10-18-9-6-13-20(18)21/h3-5,7-8,10-12,14-16H,2,6,9,13H2,1H3,(H3,25,26). The van der Waals surface area contributed by atoms with Crippen molar-refractivity contribution in [2.45, 2.75) is 32.6 Å². The smallest absolute Gasteiger partial charge is 0.197 e. The molecule has 3 nitrogen and oxygen atoms in total. The van der Waals surface area contributed by atoms with Gasteiger partial charge in [0.1, 0.15) is 0 Å². The first-order valence-corrected chi connectivity index (χ1v) is 9.62. The van der Waals surface area contributed by atoms with E-state index in [1.54, 1.807) is 0 Å². The number of para-hydroxylation sites is 1. The van der Waals surface area contributed by atoms with E-state index >= 15 is 0 Å². The second-order valence-electron chi connectivity index (χ2n) is 7.06. The van der Waals surface area contributed by atoms with Crippen molar-refractivity contribution in [3.05, 3.63) is 83.4 Å². The number of rotatable bonds is 4. The van der Waals surface area contributed by atoms with E-state index in [0.29, 0.717) is 0 Å². The molecule has 0 spiro atoms. The van der Waals surface area contributed by atoms with Crippen LogP contribution in [0.1, 0.15) is 30.0 Å². The lowest BCUT2D eigenvalue weighted by molar-refractivity contribution is 0.912. The van der Waals surface area contributed by atoms with Crippen molar-refractivity contribution in [1.29, 1.82) is 5.41 Å². The summed E-state index contributed by atoms with van der Waals surface area (Å²) in [5, 5.41) is 8.27. The van der Waals surface area contributed by atoms with E-state index in [0.717, 1.165) is 36.2 Å². The molecule has 0 fully saturated rings. The first-order valence-electron chi connectivity index (χ1n) is 9.62. The van der Waals surface area contributed by atoms with E-state index in [9.17, 15) is 0 Å². The molecule has 0 unspecified atom stereocenters. The summed E-state index contributed by atoms with van der Waals surface area (Å²) in [5.74, 6) is 0.0308. The Morgan fingerprint density at radius 1 is 0.963 bits per heavy atom. The normalized spacial score (nSPS) is 12.6. The minimum atomic E-state index is 0.0308. The van der Waals surface area contributed by atoms with Gasteiger partial charge in [0.25, 0.3) is 0 Å². The average molecular weight is 355 g/mol. The third-order valence-corrected chi connectivity index (χ3v) is 5.40. The lowest BCUT2D eigenvalue weighted by Crippen LogP contribution is -2.32. The van der Waals surface area contributed by atoms with Gasteiger partial charge in [-0.2, -0.15) is 0 Å². The number of guanidine groups is 1. The van der Waals surface area contributed by atoms with Crippen LogP contribution in [0.25, 0.3) is 11.1 Å². The summed E-state index contributed by atoms with van der Waals surface area (Å²) in [7, 11) is 0. The summed E-state index contributed by atoms with van der Waals surface area (Å²) in [6.07, 6.45) is 4.43. The molecule has 27 heavy (non-hydrogen) atoms. The van der Waals surface area contributed by atoms with Gasteiger partial charge in [0, 0.05) is 11.3 Å². The van der Waals surface area contributed by atoms with Gasteiger partial charge in [-0.15, -0.1) is 0 Å². The summed E-state index contributed by atoms with van der Waals surface area (Å²) in [5.41, 5.74) is 14.5. The minimum absolute atomic E-state index is 0.0308. The molecule has 0 saturated heterocycles. The summed E-state index contributed by atoms with van der Waals surface area (Å²) in [6.45, 7) is 2.14. The van der Waals surface area contributed by atoms with Crippen LogP contribution in [0.2, 0.25) is 0 Å². The number of nitrogens with zero attached hydrogens (tertiary/aromatic N) is 1. The van der Waals surface area contributed by atoms with Gasteiger partial charge in [0.15, 0.2) is 5.96 Å². The molecule has 0 bridgehead atoms. The Morgan fingerprint density at radius 2 is 1.74 bits per heavy atom. The van der Waals surface area contributed by atoms with Gasteiger partial charge in [0.2, 0.25) is 0 Å². The zero-order valence-corrected chi connectivity index (χ0v) is 15.7. The molecule has 0 aliphatic heterocycles. The number of anilines is 2. The number of fused-ring (bicyclic) bond motifs is 1. The van der Waals surface area contributed by atoms with Crippen LogP contribution in [-0.4, -0.2) is 5.96 Å². The van der Waals surface area contributed by atoms with Gasteiger partial charge in [-0.05, 0) is 66.1 Å². The average Bonchev–Trinajstić information content (AvgIpc) is 3.17. The van der Waals surface area contributed by atoms with E-state index in [-0.39, 0.29) is 5.96 Å². The van der Waals surface area contributed by atoms with Crippen LogP contribution in [0.15, 0.2) is 66.7 Å². The molecule has 3 N–H and O–H groups in total. The Bertz CT molecular complexity index is 990. The van der Waals surface area contributed by atoms with Crippen molar-refractivity contribution in [3.8, 4) is 11.1 Å². The quantitative estimate of drug-likeness (QED) is 0.484. The second-order valence-corrected chi connectivity index (χ2v) is 7.06. The molecule has 0 saturated carbocycles. The number of nitrogens with one attached hydrogen (secondary N) is 1. The fourth-order valence-corrected chi connectivity index (χ4v) is 4.09. The van der Waals surface area contributed by atoms with E-state index < -0.39 is 0 Å². The van der Waals surface area contributed by atoms with E-state index in [2.05, 4.69) is 55.5 Å².